The zero-order chi connectivity index (χ0) is 14.9. The molecule has 0 aliphatic carbocycles. The van der Waals surface area contributed by atoms with E-state index in [0.29, 0.717) is 0 Å². The summed E-state index contributed by atoms with van der Waals surface area (Å²) in [6, 6.07) is 8.55. The molecule has 0 fully saturated rings. The molecule has 2 rings (SSSR count). The van der Waals surface area contributed by atoms with Crippen molar-refractivity contribution in [1.29, 1.82) is 0 Å². The average molecular weight is 349 g/mol. The van der Waals surface area contributed by atoms with Crippen LogP contribution in [0.25, 0.3) is 0 Å². The van der Waals surface area contributed by atoms with Gasteiger partial charge < -0.3 is 5.11 Å². The molecule has 0 spiro atoms. The second-order valence-corrected chi connectivity index (χ2v) is 5.07. The lowest BCUT2D eigenvalue weighted by Crippen LogP contribution is -2.13. The summed E-state index contributed by atoms with van der Waals surface area (Å²) in [4.78, 5) is 0. The van der Waals surface area contributed by atoms with Gasteiger partial charge in [0.2, 0.25) is 0 Å². The topological polar surface area (TPSA) is 20.2 Å². The van der Waals surface area contributed by atoms with Gasteiger partial charge in [-0.05, 0) is 23.8 Å². The molecular weight excluding hydrogens is 340 g/mol. The molecule has 1 atom stereocenters. The van der Waals surface area contributed by atoms with Crippen LogP contribution in [0.2, 0.25) is 0 Å². The van der Waals surface area contributed by atoms with Crippen molar-refractivity contribution in [2.45, 2.75) is 12.3 Å². The van der Waals surface area contributed by atoms with Crippen LogP contribution in [0.1, 0.15) is 22.8 Å². The van der Waals surface area contributed by atoms with E-state index in [9.17, 15) is 22.7 Å². The molecule has 2 aromatic carbocycles. The third kappa shape index (κ3) is 3.02. The molecule has 20 heavy (non-hydrogen) atoms. The summed E-state index contributed by atoms with van der Waals surface area (Å²) >= 11 is 2.95. The fraction of sp³-hybridized carbons (Fsp3) is 0.143. The van der Waals surface area contributed by atoms with Gasteiger partial charge in [-0.25, -0.2) is 4.39 Å². The number of aliphatic hydroxyl groups excluding tert-OH is 1. The highest BCUT2D eigenvalue weighted by molar-refractivity contribution is 9.10. The molecule has 1 N–H and O–H groups in total. The number of hydrogen-bond donors (Lipinski definition) is 1. The predicted octanol–water partition coefficient (Wildman–Crippen LogP) is 4.69. The highest BCUT2D eigenvalue weighted by Crippen LogP contribution is 2.38. The quantitative estimate of drug-likeness (QED) is 0.780. The summed E-state index contributed by atoms with van der Waals surface area (Å²) in [6.45, 7) is 0. The molecule has 0 heterocycles. The predicted molar refractivity (Wildman–Crippen MR) is 69.6 cm³/mol. The number of halogens is 5. The van der Waals surface area contributed by atoms with Gasteiger partial charge in [0, 0.05) is 10.0 Å². The molecule has 0 radical (unpaired) electrons. The van der Waals surface area contributed by atoms with Crippen molar-refractivity contribution in [3.8, 4) is 0 Å². The zero-order valence-electron chi connectivity index (χ0n) is 9.96. The first kappa shape index (κ1) is 15.0. The Kier molecular flexibility index (Phi) is 4.15. The highest BCUT2D eigenvalue weighted by Gasteiger charge is 2.35. The maximum atomic E-state index is 13.6. The van der Waals surface area contributed by atoms with E-state index in [1.54, 1.807) is 0 Å². The lowest BCUT2D eigenvalue weighted by Gasteiger charge is -2.18. The SMILES string of the molecule is OC(c1ccccc1F)c1ccc(Br)cc1C(F)(F)F. The summed E-state index contributed by atoms with van der Waals surface area (Å²) in [5.41, 5.74) is -1.58. The minimum absolute atomic E-state index is 0.194. The Morgan fingerprint density at radius 3 is 2.25 bits per heavy atom. The largest absolute Gasteiger partial charge is 0.416 e. The average Bonchev–Trinajstić information content (AvgIpc) is 2.37. The molecular formula is C14H9BrF4O. The summed E-state index contributed by atoms with van der Waals surface area (Å²) < 4.78 is 52.8. The van der Waals surface area contributed by atoms with Crippen LogP contribution in [0.15, 0.2) is 46.9 Å². The van der Waals surface area contributed by atoms with Crippen molar-refractivity contribution in [3.63, 3.8) is 0 Å². The highest BCUT2D eigenvalue weighted by atomic mass is 79.9. The second-order valence-electron chi connectivity index (χ2n) is 4.15. The van der Waals surface area contributed by atoms with Crippen LogP contribution < -0.4 is 0 Å². The first-order chi connectivity index (χ1) is 9.30. The Morgan fingerprint density at radius 1 is 1.00 bits per heavy atom. The third-order valence-electron chi connectivity index (χ3n) is 2.82. The monoisotopic (exact) mass is 348 g/mol. The molecule has 6 heteroatoms. The van der Waals surface area contributed by atoms with Crippen LogP contribution in [-0.2, 0) is 6.18 Å². The molecule has 0 aliphatic rings. The van der Waals surface area contributed by atoms with E-state index >= 15 is 0 Å². The van der Waals surface area contributed by atoms with Crippen molar-refractivity contribution in [1.82, 2.24) is 0 Å². The number of hydrogen-bond acceptors (Lipinski definition) is 1. The van der Waals surface area contributed by atoms with Gasteiger partial charge in [0.05, 0.1) is 5.56 Å². The Bertz CT molecular complexity index is 625. The van der Waals surface area contributed by atoms with Gasteiger partial charge in [0.1, 0.15) is 11.9 Å². The Balaban J connectivity index is 2.56. The molecule has 0 saturated carbocycles. The van der Waals surface area contributed by atoms with Gasteiger partial charge in [-0.2, -0.15) is 13.2 Å². The molecule has 0 saturated heterocycles. The normalized spacial score (nSPS) is 13.3. The third-order valence-corrected chi connectivity index (χ3v) is 3.31. The Labute approximate surface area is 121 Å². The maximum Gasteiger partial charge on any atom is 0.416 e. The number of alkyl halides is 3. The molecule has 1 unspecified atom stereocenters. The molecule has 0 aliphatic heterocycles. The second kappa shape index (κ2) is 5.54. The summed E-state index contributed by atoms with van der Waals surface area (Å²) in [5.74, 6) is -0.754. The molecule has 2 aromatic rings. The lowest BCUT2D eigenvalue weighted by atomic mass is 9.96. The summed E-state index contributed by atoms with van der Waals surface area (Å²) in [5, 5.41) is 10.1. The standard InChI is InChI=1S/C14H9BrF4O/c15-8-5-6-9(11(7-8)14(17,18)19)13(20)10-3-1-2-4-12(10)16/h1-7,13,20H. The van der Waals surface area contributed by atoms with E-state index in [0.717, 1.165) is 18.2 Å². The first-order valence-corrected chi connectivity index (χ1v) is 6.39. The molecule has 0 aromatic heterocycles. The Hall–Kier alpha value is -1.40. The summed E-state index contributed by atoms with van der Waals surface area (Å²) in [6.07, 6.45) is -6.31. The van der Waals surface area contributed by atoms with Crippen molar-refractivity contribution >= 4 is 15.9 Å². The smallest absolute Gasteiger partial charge is 0.384 e. The number of aliphatic hydroxyl groups is 1. The van der Waals surface area contributed by atoms with Crippen LogP contribution in [-0.4, -0.2) is 5.11 Å². The maximum absolute atomic E-state index is 13.6. The van der Waals surface area contributed by atoms with Gasteiger partial charge in [-0.1, -0.05) is 40.2 Å². The van der Waals surface area contributed by atoms with Gasteiger partial charge in [-0.15, -0.1) is 0 Å². The lowest BCUT2D eigenvalue weighted by molar-refractivity contribution is -0.139. The molecule has 1 nitrogen and oxygen atoms in total. The zero-order valence-corrected chi connectivity index (χ0v) is 11.5. The first-order valence-electron chi connectivity index (χ1n) is 5.60. The van der Waals surface area contributed by atoms with E-state index in [4.69, 9.17) is 0 Å². The van der Waals surface area contributed by atoms with Gasteiger partial charge >= 0.3 is 6.18 Å². The van der Waals surface area contributed by atoms with E-state index < -0.39 is 23.7 Å². The molecule has 106 valence electrons. The van der Waals surface area contributed by atoms with Crippen molar-refractivity contribution < 1.29 is 22.7 Å². The minimum Gasteiger partial charge on any atom is -0.384 e. The van der Waals surface area contributed by atoms with Gasteiger partial charge in [-0.3, -0.25) is 0 Å². The van der Waals surface area contributed by atoms with E-state index in [2.05, 4.69) is 15.9 Å². The number of benzene rings is 2. The fourth-order valence-electron chi connectivity index (χ4n) is 1.88. The van der Waals surface area contributed by atoms with Crippen molar-refractivity contribution in [2.24, 2.45) is 0 Å². The molecule has 0 amide bonds. The van der Waals surface area contributed by atoms with Crippen LogP contribution in [0.3, 0.4) is 0 Å². The van der Waals surface area contributed by atoms with E-state index in [1.165, 1.54) is 24.3 Å². The summed E-state index contributed by atoms with van der Waals surface area (Å²) in [7, 11) is 0. The van der Waals surface area contributed by atoms with Gasteiger partial charge in [0.25, 0.3) is 0 Å². The molecule has 0 bridgehead atoms. The minimum atomic E-state index is -4.63. The van der Waals surface area contributed by atoms with E-state index in [1.807, 2.05) is 0 Å². The number of rotatable bonds is 2. The van der Waals surface area contributed by atoms with Crippen LogP contribution >= 0.6 is 15.9 Å². The van der Waals surface area contributed by atoms with Crippen LogP contribution in [0, 0.1) is 5.82 Å². The van der Waals surface area contributed by atoms with E-state index in [-0.39, 0.29) is 15.6 Å². The van der Waals surface area contributed by atoms with Crippen LogP contribution in [0.5, 0.6) is 0 Å². The Morgan fingerprint density at radius 2 is 1.65 bits per heavy atom. The van der Waals surface area contributed by atoms with Crippen molar-refractivity contribution in [2.75, 3.05) is 0 Å². The van der Waals surface area contributed by atoms with Gasteiger partial charge in [0.15, 0.2) is 0 Å². The van der Waals surface area contributed by atoms with Crippen LogP contribution in [0.4, 0.5) is 17.6 Å². The fourth-order valence-corrected chi connectivity index (χ4v) is 2.24. The van der Waals surface area contributed by atoms with Crippen molar-refractivity contribution in [3.05, 3.63) is 69.4 Å².